The lowest BCUT2D eigenvalue weighted by atomic mass is 10.1. The van der Waals surface area contributed by atoms with Gasteiger partial charge in [0, 0.05) is 12.6 Å². The first-order chi connectivity index (χ1) is 11.0. The van der Waals surface area contributed by atoms with Crippen LogP contribution in [0.1, 0.15) is 25.8 Å². The Balaban J connectivity index is 1.91. The minimum absolute atomic E-state index is 0.0383. The zero-order valence-electron chi connectivity index (χ0n) is 13.5. The summed E-state index contributed by atoms with van der Waals surface area (Å²) in [5, 5.41) is 0. The number of halogens is 2. The molecule has 128 valence electrons. The molecule has 1 aliphatic heterocycles. The maximum absolute atomic E-state index is 12.4. The average molecular weight is 327 g/mol. The zero-order chi connectivity index (χ0) is 16.8. The SMILES string of the molecule is CC(C)N1CC(COC(F)F)CC1C(=O)OCc1ccccc1. The van der Waals surface area contributed by atoms with Crippen LogP contribution in [0.25, 0.3) is 0 Å². The summed E-state index contributed by atoms with van der Waals surface area (Å²) in [6, 6.07) is 9.19. The fraction of sp³-hybridized carbons (Fsp3) is 0.588. The van der Waals surface area contributed by atoms with E-state index in [0.717, 1.165) is 5.56 Å². The number of hydrogen-bond acceptors (Lipinski definition) is 4. The topological polar surface area (TPSA) is 38.8 Å². The fourth-order valence-corrected chi connectivity index (χ4v) is 2.91. The molecule has 0 saturated carbocycles. The lowest BCUT2D eigenvalue weighted by molar-refractivity contribution is -0.151. The smallest absolute Gasteiger partial charge is 0.345 e. The van der Waals surface area contributed by atoms with Gasteiger partial charge in [-0.1, -0.05) is 30.3 Å². The molecule has 1 saturated heterocycles. The lowest BCUT2D eigenvalue weighted by Gasteiger charge is -2.26. The highest BCUT2D eigenvalue weighted by Gasteiger charge is 2.39. The summed E-state index contributed by atoms with van der Waals surface area (Å²) in [4.78, 5) is 14.4. The van der Waals surface area contributed by atoms with E-state index in [-0.39, 0.29) is 31.1 Å². The van der Waals surface area contributed by atoms with E-state index in [1.165, 1.54) is 0 Å². The van der Waals surface area contributed by atoms with Gasteiger partial charge in [-0.2, -0.15) is 8.78 Å². The Labute approximate surface area is 135 Å². The van der Waals surface area contributed by atoms with E-state index < -0.39 is 12.7 Å². The molecule has 0 aliphatic carbocycles. The van der Waals surface area contributed by atoms with Crippen molar-refractivity contribution in [2.45, 2.75) is 45.6 Å². The molecule has 1 fully saturated rings. The highest BCUT2D eigenvalue weighted by Crippen LogP contribution is 2.27. The number of carbonyl (C=O) groups excluding carboxylic acids is 1. The van der Waals surface area contributed by atoms with Gasteiger partial charge in [0.05, 0.1) is 6.61 Å². The molecule has 1 aliphatic rings. The van der Waals surface area contributed by atoms with Gasteiger partial charge < -0.3 is 9.47 Å². The summed E-state index contributed by atoms with van der Waals surface area (Å²) in [6.45, 7) is 1.94. The standard InChI is InChI=1S/C17H23F2NO3/c1-12(2)20-9-14(11-23-17(18)19)8-15(20)16(21)22-10-13-6-4-3-5-7-13/h3-7,12,14-15,17H,8-11H2,1-2H3. The molecule has 1 aromatic carbocycles. The number of likely N-dealkylation sites (tertiary alicyclic amines) is 1. The Kier molecular flexibility index (Phi) is 6.47. The Hall–Kier alpha value is -1.53. The van der Waals surface area contributed by atoms with Gasteiger partial charge in [-0.3, -0.25) is 9.69 Å². The van der Waals surface area contributed by atoms with Crippen LogP contribution in [-0.2, 0) is 20.9 Å². The fourth-order valence-electron chi connectivity index (χ4n) is 2.91. The number of hydrogen-bond donors (Lipinski definition) is 0. The minimum Gasteiger partial charge on any atom is -0.460 e. The van der Waals surface area contributed by atoms with E-state index in [4.69, 9.17) is 4.74 Å². The summed E-state index contributed by atoms with van der Waals surface area (Å²) < 4.78 is 34.2. The van der Waals surface area contributed by atoms with Crippen LogP contribution in [-0.4, -0.2) is 42.7 Å². The van der Waals surface area contributed by atoms with E-state index >= 15 is 0 Å². The van der Waals surface area contributed by atoms with Gasteiger partial charge in [0.25, 0.3) is 0 Å². The first-order valence-electron chi connectivity index (χ1n) is 7.83. The second kappa shape index (κ2) is 8.36. The third-order valence-corrected chi connectivity index (χ3v) is 4.04. The van der Waals surface area contributed by atoms with Crippen LogP contribution in [0.3, 0.4) is 0 Å². The van der Waals surface area contributed by atoms with Gasteiger partial charge in [-0.15, -0.1) is 0 Å². The van der Waals surface area contributed by atoms with E-state index in [2.05, 4.69) is 4.74 Å². The molecule has 0 N–H and O–H groups in total. The minimum atomic E-state index is -2.77. The van der Waals surface area contributed by atoms with Crippen molar-refractivity contribution in [2.24, 2.45) is 5.92 Å². The second-order valence-corrected chi connectivity index (χ2v) is 6.10. The maximum Gasteiger partial charge on any atom is 0.345 e. The van der Waals surface area contributed by atoms with Crippen molar-refractivity contribution in [1.82, 2.24) is 4.90 Å². The first-order valence-corrected chi connectivity index (χ1v) is 7.83. The van der Waals surface area contributed by atoms with Crippen LogP contribution in [0.4, 0.5) is 8.78 Å². The van der Waals surface area contributed by atoms with Gasteiger partial charge in [0.1, 0.15) is 12.6 Å². The molecule has 4 nitrogen and oxygen atoms in total. The molecule has 0 amide bonds. The highest BCUT2D eigenvalue weighted by atomic mass is 19.3. The van der Waals surface area contributed by atoms with Crippen molar-refractivity contribution < 1.29 is 23.0 Å². The maximum atomic E-state index is 12.4. The van der Waals surface area contributed by atoms with Crippen molar-refractivity contribution in [1.29, 1.82) is 0 Å². The summed E-state index contributed by atoms with van der Waals surface area (Å²) >= 11 is 0. The quantitative estimate of drug-likeness (QED) is 0.722. The van der Waals surface area contributed by atoms with E-state index in [9.17, 15) is 13.6 Å². The normalized spacial score (nSPS) is 22.0. The van der Waals surface area contributed by atoms with Crippen molar-refractivity contribution in [3.8, 4) is 0 Å². The zero-order valence-corrected chi connectivity index (χ0v) is 13.5. The van der Waals surface area contributed by atoms with Crippen molar-refractivity contribution in [2.75, 3.05) is 13.2 Å². The lowest BCUT2D eigenvalue weighted by Crippen LogP contribution is -2.41. The molecule has 2 rings (SSSR count). The summed E-state index contributed by atoms with van der Waals surface area (Å²) in [6.07, 6.45) is 0.485. The second-order valence-electron chi connectivity index (χ2n) is 6.10. The first kappa shape index (κ1) is 17.8. The summed E-state index contributed by atoms with van der Waals surface area (Å²) in [5.74, 6) is -0.386. The molecule has 0 spiro atoms. The predicted octanol–water partition coefficient (Wildman–Crippen LogP) is 3.07. The predicted molar refractivity (Wildman–Crippen MR) is 81.9 cm³/mol. The van der Waals surface area contributed by atoms with Crippen LogP contribution in [0, 0.1) is 5.92 Å². The number of ether oxygens (including phenoxy) is 2. The number of carbonyl (C=O) groups is 1. The van der Waals surface area contributed by atoms with Gasteiger partial charge >= 0.3 is 12.6 Å². The number of esters is 1. The van der Waals surface area contributed by atoms with Crippen molar-refractivity contribution >= 4 is 5.97 Å². The third-order valence-electron chi connectivity index (χ3n) is 4.04. The van der Waals surface area contributed by atoms with Gasteiger partial charge in [-0.05, 0) is 31.7 Å². The van der Waals surface area contributed by atoms with Crippen LogP contribution >= 0.6 is 0 Å². The summed E-state index contributed by atoms with van der Waals surface area (Å²) in [5.41, 5.74) is 0.924. The molecule has 6 heteroatoms. The molecule has 2 atom stereocenters. The molecule has 1 aromatic rings. The number of rotatable bonds is 7. The molecule has 0 aromatic heterocycles. The van der Waals surface area contributed by atoms with Gasteiger partial charge in [-0.25, -0.2) is 0 Å². The number of alkyl halides is 2. The Bertz CT molecular complexity index is 496. The van der Waals surface area contributed by atoms with Gasteiger partial charge in [0.2, 0.25) is 0 Å². The molecule has 0 bridgehead atoms. The average Bonchev–Trinajstić information content (AvgIpc) is 2.96. The number of nitrogens with zero attached hydrogens (tertiary/aromatic N) is 1. The molecule has 2 unspecified atom stereocenters. The van der Waals surface area contributed by atoms with E-state index in [1.54, 1.807) is 0 Å². The molecular formula is C17H23F2NO3. The molecule has 0 radical (unpaired) electrons. The van der Waals surface area contributed by atoms with Crippen molar-refractivity contribution in [3.05, 3.63) is 35.9 Å². The molecular weight excluding hydrogens is 304 g/mol. The van der Waals surface area contributed by atoms with Gasteiger partial charge in [0.15, 0.2) is 0 Å². The van der Waals surface area contributed by atoms with Crippen molar-refractivity contribution in [3.63, 3.8) is 0 Å². The van der Waals surface area contributed by atoms with Crippen LogP contribution in [0.15, 0.2) is 30.3 Å². The van der Waals surface area contributed by atoms with E-state index in [0.29, 0.717) is 13.0 Å². The Morgan fingerprint density at radius 3 is 2.61 bits per heavy atom. The Morgan fingerprint density at radius 1 is 1.30 bits per heavy atom. The largest absolute Gasteiger partial charge is 0.460 e. The number of benzene rings is 1. The molecule has 1 heterocycles. The highest BCUT2D eigenvalue weighted by molar-refractivity contribution is 5.76. The van der Waals surface area contributed by atoms with E-state index in [1.807, 2.05) is 49.1 Å². The van der Waals surface area contributed by atoms with Crippen LogP contribution in [0.2, 0.25) is 0 Å². The monoisotopic (exact) mass is 327 g/mol. The Morgan fingerprint density at radius 2 is 2.00 bits per heavy atom. The van der Waals surface area contributed by atoms with Crippen LogP contribution < -0.4 is 0 Å². The third kappa shape index (κ3) is 5.25. The molecule has 23 heavy (non-hydrogen) atoms. The summed E-state index contributed by atoms with van der Waals surface area (Å²) in [7, 11) is 0. The van der Waals surface area contributed by atoms with Crippen LogP contribution in [0.5, 0.6) is 0 Å².